The van der Waals surface area contributed by atoms with Crippen LogP contribution in [0.5, 0.6) is 23.0 Å². The fourth-order valence-corrected chi connectivity index (χ4v) is 3.93. The normalized spacial score (nSPS) is 16.5. The average Bonchev–Trinajstić information content (AvgIpc) is 3.28. The van der Waals surface area contributed by atoms with Crippen molar-refractivity contribution >= 4 is 17.3 Å². The van der Waals surface area contributed by atoms with E-state index in [-0.39, 0.29) is 12.7 Å². The van der Waals surface area contributed by atoms with Crippen LogP contribution in [0.3, 0.4) is 0 Å². The maximum atomic E-state index is 13.6. The van der Waals surface area contributed by atoms with Gasteiger partial charge in [-0.15, -0.1) is 0 Å². The number of amides is 1. The second kappa shape index (κ2) is 7.75. The molecule has 0 spiro atoms. The highest BCUT2D eigenvalue weighted by Gasteiger charge is 2.35. The summed E-state index contributed by atoms with van der Waals surface area (Å²) in [5, 5.41) is 3.50. The molecule has 1 amide bonds. The third-order valence-electron chi connectivity index (χ3n) is 5.35. The van der Waals surface area contributed by atoms with Crippen molar-refractivity contribution in [1.82, 2.24) is 0 Å². The van der Waals surface area contributed by atoms with E-state index in [1.807, 2.05) is 67.6 Å². The van der Waals surface area contributed by atoms with Gasteiger partial charge in [-0.25, -0.2) is 0 Å². The van der Waals surface area contributed by atoms with Gasteiger partial charge in [-0.2, -0.15) is 0 Å². The Balaban J connectivity index is 1.62. The lowest BCUT2D eigenvalue weighted by atomic mass is 10.0. The molecule has 1 N–H and O–H groups in total. The van der Waals surface area contributed by atoms with Crippen molar-refractivity contribution in [3.05, 3.63) is 71.8 Å². The van der Waals surface area contributed by atoms with E-state index in [0.717, 1.165) is 22.7 Å². The summed E-state index contributed by atoms with van der Waals surface area (Å²) in [6.07, 6.45) is -0.469. The van der Waals surface area contributed by atoms with Crippen molar-refractivity contribution in [1.29, 1.82) is 0 Å². The van der Waals surface area contributed by atoms with Crippen molar-refractivity contribution in [2.75, 3.05) is 30.7 Å². The molecule has 0 bridgehead atoms. The van der Waals surface area contributed by atoms with Crippen LogP contribution in [0.25, 0.3) is 0 Å². The van der Waals surface area contributed by atoms with Gasteiger partial charge in [0.2, 0.25) is 12.5 Å². The van der Waals surface area contributed by atoms with Crippen molar-refractivity contribution in [2.24, 2.45) is 0 Å². The van der Waals surface area contributed by atoms with E-state index in [1.54, 1.807) is 12.0 Å². The van der Waals surface area contributed by atoms with Crippen LogP contribution >= 0.6 is 0 Å². The second-order valence-corrected chi connectivity index (χ2v) is 7.15. The number of para-hydroxylation sites is 1. The Labute approximate surface area is 180 Å². The average molecular weight is 418 g/mol. The van der Waals surface area contributed by atoms with Crippen LogP contribution in [-0.4, -0.2) is 26.4 Å². The number of carbonyl (C=O) groups excluding carboxylic acids is 1. The van der Waals surface area contributed by atoms with Gasteiger partial charge in [0.1, 0.15) is 11.9 Å². The molecule has 7 heteroatoms. The van der Waals surface area contributed by atoms with E-state index >= 15 is 0 Å². The summed E-state index contributed by atoms with van der Waals surface area (Å²) in [7, 11) is 1.58. The first-order valence-corrected chi connectivity index (χ1v) is 10.1. The van der Waals surface area contributed by atoms with Gasteiger partial charge in [0.25, 0.3) is 5.91 Å². The summed E-state index contributed by atoms with van der Waals surface area (Å²) in [5.41, 5.74) is 2.95. The zero-order valence-corrected chi connectivity index (χ0v) is 17.3. The van der Waals surface area contributed by atoms with Crippen molar-refractivity contribution in [3.8, 4) is 23.0 Å². The van der Waals surface area contributed by atoms with Crippen LogP contribution in [0.2, 0.25) is 0 Å². The SMILES string of the molecule is CCOc1ccc(N2C(=O)c3ccccc3N[C@@H]2c2cc(OC)c3c(c2)OCO3)cc1. The number of rotatable bonds is 5. The molecular weight excluding hydrogens is 396 g/mol. The minimum Gasteiger partial charge on any atom is -0.494 e. The Morgan fingerprint density at radius 1 is 1.10 bits per heavy atom. The number of methoxy groups -OCH3 is 1. The zero-order chi connectivity index (χ0) is 21.4. The lowest BCUT2D eigenvalue weighted by Gasteiger charge is -2.38. The Kier molecular flexibility index (Phi) is 4.78. The zero-order valence-electron chi connectivity index (χ0n) is 17.3. The van der Waals surface area contributed by atoms with Crippen LogP contribution in [-0.2, 0) is 0 Å². The Bertz CT molecular complexity index is 1130. The van der Waals surface area contributed by atoms with Crippen LogP contribution < -0.4 is 29.2 Å². The summed E-state index contributed by atoms with van der Waals surface area (Å²) in [6, 6.07) is 18.7. The second-order valence-electron chi connectivity index (χ2n) is 7.15. The van der Waals surface area contributed by atoms with Crippen LogP contribution in [0.15, 0.2) is 60.7 Å². The number of nitrogens with zero attached hydrogens (tertiary/aromatic N) is 1. The van der Waals surface area contributed by atoms with Crippen LogP contribution in [0.1, 0.15) is 29.0 Å². The standard InChI is InChI=1S/C24H22N2O5/c1-3-29-17-10-8-16(9-11-17)26-23(25-19-7-5-4-6-18(19)24(26)27)15-12-20(28-2)22-21(13-15)30-14-31-22/h4-13,23,25H,3,14H2,1-2H3/t23-/m0/s1. The Morgan fingerprint density at radius 3 is 2.68 bits per heavy atom. The lowest BCUT2D eigenvalue weighted by molar-refractivity contribution is 0.0974. The Hall–Kier alpha value is -3.87. The molecule has 0 aliphatic carbocycles. The number of ether oxygens (including phenoxy) is 4. The molecule has 7 nitrogen and oxygen atoms in total. The molecule has 0 unspecified atom stereocenters. The molecule has 3 aromatic rings. The van der Waals surface area contributed by atoms with Crippen molar-refractivity contribution < 1.29 is 23.7 Å². The maximum absolute atomic E-state index is 13.6. The van der Waals surface area contributed by atoms with E-state index in [1.165, 1.54) is 0 Å². The molecule has 31 heavy (non-hydrogen) atoms. The monoisotopic (exact) mass is 418 g/mol. The van der Waals surface area contributed by atoms with E-state index in [0.29, 0.717) is 29.4 Å². The number of anilines is 2. The maximum Gasteiger partial charge on any atom is 0.262 e. The molecule has 1 atom stereocenters. The highest BCUT2D eigenvalue weighted by atomic mass is 16.7. The summed E-state index contributed by atoms with van der Waals surface area (Å²) < 4.78 is 22.2. The summed E-state index contributed by atoms with van der Waals surface area (Å²) in [4.78, 5) is 15.3. The number of hydrogen-bond donors (Lipinski definition) is 1. The summed E-state index contributed by atoms with van der Waals surface area (Å²) in [6.45, 7) is 2.65. The molecule has 2 heterocycles. The molecule has 2 aliphatic rings. The van der Waals surface area contributed by atoms with Crippen LogP contribution in [0.4, 0.5) is 11.4 Å². The largest absolute Gasteiger partial charge is 0.494 e. The van der Waals surface area contributed by atoms with Gasteiger partial charge in [-0.1, -0.05) is 12.1 Å². The fourth-order valence-electron chi connectivity index (χ4n) is 3.93. The molecule has 0 saturated carbocycles. The van der Waals surface area contributed by atoms with Gasteiger partial charge in [-0.3, -0.25) is 9.69 Å². The van der Waals surface area contributed by atoms with Gasteiger partial charge in [0.15, 0.2) is 11.5 Å². The molecular formula is C24H22N2O5. The number of fused-ring (bicyclic) bond motifs is 2. The molecule has 158 valence electrons. The molecule has 0 saturated heterocycles. The van der Waals surface area contributed by atoms with Gasteiger partial charge in [0, 0.05) is 16.9 Å². The molecule has 0 radical (unpaired) electrons. The van der Waals surface area contributed by atoms with E-state index in [9.17, 15) is 4.79 Å². The summed E-state index contributed by atoms with van der Waals surface area (Å²) in [5.74, 6) is 2.38. The molecule has 3 aromatic carbocycles. The van der Waals surface area contributed by atoms with Crippen molar-refractivity contribution in [2.45, 2.75) is 13.1 Å². The first-order valence-electron chi connectivity index (χ1n) is 10.1. The third kappa shape index (κ3) is 3.28. The molecule has 0 fully saturated rings. The van der Waals surface area contributed by atoms with Gasteiger partial charge < -0.3 is 24.3 Å². The molecule has 5 rings (SSSR count). The summed E-state index contributed by atoms with van der Waals surface area (Å²) >= 11 is 0. The third-order valence-corrected chi connectivity index (χ3v) is 5.35. The predicted octanol–water partition coefficient (Wildman–Crippen LogP) is 4.59. The van der Waals surface area contributed by atoms with E-state index in [2.05, 4.69) is 5.32 Å². The van der Waals surface area contributed by atoms with E-state index in [4.69, 9.17) is 18.9 Å². The lowest BCUT2D eigenvalue weighted by Crippen LogP contribution is -2.43. The number of nitrogens with one attached hydrogen (secondary N) is 1. The van der Waals surface area contributed by atoms with Crippen LogP contribution in [0, 0.1) is 0 Å². The van der Waals surface area contributed by atoms with Gasteiger partial charge in [-0.05, 0) is 55.5 Å². The van der Waals surface area contributed by atoms with Crippen molar-refractivity contribution in [3.63, 3.8) is 0 Å². The number of benzene rings is 3. The quantitative estimate of drug-likeness (QED) is 0.653. The van der Waals surface area contributed by atoms with Gasteiger partial charge in [0.05, 0.1) is 19.3 Å². The highest BCUT2D eigenvalue weighted by Crippen LogP contribution is 2.45. The minimum absolute atomic E-state index is 0.0971. The minimum atomic E-state index is -0.469. The smallest absolute Gasteiger partial charge is 0.262 e. The molecule has 0 aromatic heterocycles. The Morgan fingerprint density at radius 2 is 1.90 bits per heavy atom. The number of carbonyl (C=O) groups is 1. The molecule has 2 aliphatic heterocycles. The van der Waals surface area contributed by atoms with E-state index < -0.39 is 6.17 Å². The predicted molar refractivity (Wildman–Crippen MR) is 116 cm³/mol. The first kappa shape index (κ1) is 19.1. The number of hydrogen-bond acceptors (Lipinski definition) is 6. The highest BCUT2D eigenvalue weighted by molar-refractivity contribution is 6.12. The van der Waals surface area contributed by atoms with Gasteiger partial charge >= 0.3 is 0 Å². The fraction of sp³-hybridized carbons (Fsp3) is 0.208. The first-order chi connectivity index (χ1) is 15.2. The topological polar surface area (TPSA) is 69.3 Å².